The number of hydrogen-bond acceptors (Lipinski definition) is 4. The Morgan fingerprint density at radius 3 is 2.42 bits per heavy atom. The number of hydrogen-bond donors (Lipinski definition) is 3. The first-order chi connectivity index (χ1) is 16.2. The van der Waals surface area contributed by atoms with Gasteiger partial charge in [-0.05, 0) is 49.9 Å². The number of carbonyl (C=O) groups is 1. The third-order valence-corrected chi connectivity index (χ3v) is 7.33. The predicted octanol–water partition coefficient (Wildman–Crippen LogP) is 3.92. The molecule has 2 saturated heterocycles. The Morgan fingerprint density at radius 2 is 1.70 bits per heavy atom. The number of nitrogens with one attached hydrogen (secondary N) is 2. The first-order valence-electron chi connectivity index (χ1n) is 12.1. The van der Waals surface area contributed by atoms with E-state index in [4.69, 9.17) is 4.99 Å². The van der Waals surface area contributed by atoms with Crippen LogP contribution in [-0.2, 0) is 4.79 Å². The maximum Gasteiger partial charge on any atom is 0.247 e. The van der Waals surface area contributed by atoms with E-state index in [-0.39, 0.29) is 11.7 Å². The second-order valence-corrected chi connectivity index (χ2v) is 9.33. The first-order valence-corrected chi connectivity index (χ1v) is 12.1. The number of aromatic hydroxyl groups is 1. The minimum atomic E-state index is -0.525. The summed E-state index contributed by atoms with van der Waals surface area (Å²) in [6.45, 7) is 1.99. The lowest BCUT2D eigenvalue weighted by Crippen LogP contribution is -2.58. The van der Waals surface area contributed by atoms with Crippen molar-refractivity contribution in [3.8, 4) is 5.75 Å². The van der Waals surface area contributed by atoms with Gasteiger partial charge in [-0.2, -0.15) is 0 Å². The van der Waals surface area contributed by atoms with Crippen molar-refractivity contribution < 1.29 is 9.90 Å². The molecular formula is C26H33N5O2. The molecule has 0 aromatic heterocycles. The van der Waals surface area contributed by atoms with Crippen LogP contribution in [0.4, 0.5) is 11.4 Å². The van der Waals surface area contributed by atoms with Gasteiger partial charge in [0, 0.05) is 18.8 Å². The second-order valence-electron chi connectivity index (χ2n) is 9.33. The standard InChI is InChI=1S/C26H33N5O2/c32-23-14-8-7-13-22(23)29-25(28-20-9-3-1-4-10-20)30-17-15-26(16-18-30)24(33)27-19-31(26)21-11-5-2-6-12-21/h2,5-8,11-14,20,32H,1,3-4,9-10,15-19H2,(H,27,33)(H,28,29). The Morgan fingerprint density at radius 1 is 1.00 bits per heavy atom. The number of amides is 1. The van der Waals surface area contributed by atoms with Crippen LogP contribution in [0.1, 0.15) is 44.9 Å². The SMILES string of the molecule is O=C1NCN(c2ccccc2)C12CCN(C(=NC1CCCCC1)Nc1ccccc1O)CC2. The van der Waals surface area contributed by atoms with E-state index in [2.05, 4.69) is 32.6 Å². The van der Waals surface area contributed by atoms with Crippen LogP contribution in [0.2, 0.25) is 0 Å². The molecule has 0 atom stereocenters. The average Bonchev–Trinajstić information content (AvgIpc) is 3.17. The normalized spacial score (nSPS) is 21.3. The predicted molar refractivity (Wildman–Crippen MR) is 132 cm³/mol. The van der Waals surface area contributed by atoms with Crippen molar-refractivity contribution in [2.45, 2.75) is 56.5 Å². The Bertz CT molecular complexity index is 995. The molecule has 174 valence electrons. The highest BCUT2D eigenvalue weighted by Crippen LogP contribution is 2.36. The second kappa shape index (κ2) is 9.33. The van der Waals surface area contributed by atoms with Crippen molar-refractivity contribution >= 4 is 23.2 Å². The zero-order valence-corrected chi connectivity index (χ0v) is 19.0. The Hall–Kier alpha value is -3.22. The molecule has 5 rings (SSSR count). The van der Waals surface area contributed by atoms with Gasteiger partial charge in [0.25, 0.3) is 0 Å². The van der Waals surface area contributed by atoms with Gasteiger partial charge in [0.05, 0.1) is 18.4 Å². The number of rotatable bonds is 3. The molecule has 1 aliphatic carbocycles. The quantitative estimate of drug-likeness (QED) is 0.378. The molecule has 33 heavy (non-hydrogen) atoms. The first kappa shape index (κ1) is 21.6. The number of phenols is 1. The summed E-state index contributed by atoms with van der Waals surface area (Å²) in [5.41, 5.74) is 1.22. The summed E-state index contributed by atoms with van der Waals surface area (Å²) in [4.78, 5) is 22.6. The molecule has 3 N–H and O–H groups in total. The van der Waals surface area contributed by atoms with Crippen LogP contribution in [0.25, 0.3) is 0 Å². The molecule has 2 heterocycles. The third-order valence-electron chi connectivity index (χ3n) is 7.33. The van der Waals surface area contributed by atoms with E-state index in [1.54, 1.807) is 6.07 Å². The zero-order chi connectivity index (χ0) is 22.7. The fourth-order valence-corrected chi connectivity index (χ4v) is 5.40. The molecule has 1 amide bonds. The Balaban J connectivity index is 1.37. The van der Waals surface area contributed by atoms with Crippen molar-refractivity contribution in [1.82, 2.24) is 10.2 Å². The largest absolute Gasteiger partial charge is 0.506 e. The van der Waals surface area contributed by atoms with Crippen LogP contribution in [0, 0.1) is 0 Å². The van der Waals surface area contributed by atoms with Gasteiger partial charge in [-0.15, -0.1) is 0 Å². The van der Waals surface area contributed by atoms with Gasteiger partial charge in [-0.1, -0.05) is 49.6 Å². The topological polar surface area (TPSA) is 80.2 Å². The summed E-state index contributed by atoms with van der Waals surface area (Å²) in [6, 6.07) is 17.8. The van der Waals surface area contributed by atoms with Gasteiger partial charge < -0.3 is 25.5 Å². The number of guanidine groups is 1. The molecule has 0 radical (unpaired) electrons. The number of nitrogens with zero attached hydrogens (tertiary/aromatic N) is 3. The zero-order valence-electron chi connectivity index (χ0n) is 19.0. The van der Waals surface area contributed by atoms with Gasteiger partial charge in [-0.3, -0.25) is 4.79 Å². The molecule has 2 aromatic rings. The van der Waals surface area contributed by atoms with Crippen molar-refractivity contribution in [2.24, 2.45) is 4.99 Å². The molecule has 2 aliphatic heterocycles. The maximum atomic E-state index is 13.0. The molecule has 0 unspecified atom stereocenters. The molecular weight excluding hydrogens is 414 g/mol. The van der Waals surface area contributed by atoms with Crippen LogP contribution < -0.4 is 15.5 Å². The van der Waals surface area contributed by atoms with Crippen molar-refractivity contribution in [2.75, 3.05) is 30.0 Å². The highest BCUT2D eigenvalue weighted by atomic mass is 16.3. The van der Waals surface area contributed by atoms with E-state index in [1.165, 1.54) is 19.3 Å². The van der Waals surface area contributed by atoms with E-state index < -0.39 is 5.54 Å². The average molecular weight is 448 g/mol. The number of aliphatic imine (C=N–C) groups is 1. The van der Waals surface area contributed by atoms with Crippen molar-refractivity contribution in [3.63, 3.8) is 0 Å². The fraction of sp³-hybridized carbons (Fsp3) is 0.462. The maximum absolute atomic E-state index is 13.0. The summed E-state index contributed by atoms with van der Waals surface area (Å²) in [6.07, 6.45) is 7.37. The molecule has 3 fully saturated rings. The molecule has 3 aliphatic rings. The van der Waals surface area contributed by atoms with E-state index in [1.807, 2.05) is 36.4 Å². The highest BCUT2D eigenvalue weighted by Gasteiger charge is 2.50. The van der Waals surface area contributed by atoms with Crippen LogP contribution in [0.3, 0.4) is 0 Å². The number of anilines is 2. The number of benzene rings is 2. The van der Waals surface area contributed by atoms with E-state index in [0.717, 1.165) is 50.4 Å². The highest BCUT2D eigenvalue weighted by molar-refractivity contribution is 5.96. The Kier molecular flexibility index (Phi) is 6.11. The van der Waals surface area contributed by atoms with Gasteiger partial charge in [0.15, 0.2) is 5.96 Å². The van der Waals surface area contributed by atoms with Crippen molar-refractivity contribution in [3.05, 3.63) is 54.6 Å². The van der Waals surface area contributed by atoms with Gasteiger partial charge in [-0.25, -0.2) is 4.99 Å². The summed E-state index contributed by atoms with van der Waals surface area (Å²) in [5.74, 6) is 1.14. The number of para-hydroxylation sites is 3. The van der Waals surface area contributed by atoms with Gasteiger partial charge >= 0.3 is 0 Å². The molecule has 7 nitrogen and oxygen atoms in total. The van der Waals surface area contributed by atoms with Crippen LogP contribution in [0.15, 0.2) is 59.6 Å². The van der Waals surface area contributed by atoms with Gasteiger partial charge in [0.2, 0.25) is 5.91 Å². The number of piperidine rings is 1. The number of carbonyl (C=O) groups excluding carboxylic acids is 1. The summed E-state index contributed by atoms with van der Waals surface area (Å²) in [7, 11) is 0. The van der Waals surface area contributed by atoms with E-state index >= 15 is 0 Å². The summed E-state index contributed by atoms with van der Waals surface area (Å²) < 4.78 is 0. The molecule has 1 saturated carbocycles. The van der Waals surface area contributed by atoms with Crippen LogP contribution in [0.5, 0.6) is 5.75 Å². The minimum Gasteiger partial charge on any atom is -0.506 e. The lowest BCUT2D eigenvalue weighted by Gasteiger charge is -2.44. The smallest absolute Gasteiger partial charge is 0.247 e. The minimum absolute atomic E-state index is 0.116. The monoisotopic (exact) mass is 447 g/mol. The molecule has 7 heteroatoms. The molecule has 2 aromatic carbocycles. The van der Waals surface area contributed by atoms with E-state index in [0.29, 0.717) is 18.4 Å². The summed E-state index contributed by atoms with van der Waals surface area (Å²) >= 11 is 0. The van der Waals surface area contributed by atoms with Crippen LogP contribution >= 0.6 is 0 Å². The van der Waals surface area contributed by atoms with E-state index in [9.17, 15) is 9.90 Å². The lowest BCUT2D eigenvalue weighted by molar-refractivity contribution is -0.124. The van der Waals surface area contributed by atoms with Gasteiger partial charge in [0.1, 0.15) is 11.3 Å². The number of phenolic OH excluding ortho intramolecular Hbond substituents is 1. The van der Waals surface area contributed by atoms with Crippen molar-refractivity contribution in [1.29, 1.82) is 0 Å². The lowest BCUT2D eigenvalue weighted by atomic mass is 9.85. The third kappa shape index (κ3) is 4.36. The molecule has 0 bridgehead atoms. The Labute approximate surface area is 195 Å². The van der Waals surface area contributed by atoms with Crippen LogP contribution in [-0.4, -0.2) is 53.2 Å². The number of likely N-dealkylation sites (tertiary alicyclic amines) is 1. The molecule has 1 spiro atoms. The summed E-state index contributed by atoms with van der Waals surface area (Å²) in [5, 5.41) is 16.8. The fourth-order valence-electron chi connectivity index (χ4n) is 5.40.